The van der Waals surface area contributed by atoms with E-state index in [1.165, 1.54) is 0 Å². The third kappa shape index (κ3) is 5.87. The van der Waals surface area contributed by atoms with E-state index in [0.717, 1.165) is 28.7 Å². The summed E-state index contributed by atoms with van der Waals surface area (Å²) in [6.45, 7) is 3.77. The first kappa shape index (κ1) is 31.3. The van der Waals surface area contributed by atoms with Crippen molar-refractivity contribution in [3.05, 3.63) is 129 Å². The second-order valence-corrected chi connectivity index (χ2v) is 17.6. The molecule has 0 heterocycles. The van der Waals surface area contributed by atoms with Crippen LogP contribution in [-0.2, 0) is 19.7 Å². The van der Waals surface area contributed by atoms with E-state index in [-0.39, 0.29) is 17.8 Å². The minimum atomic E-state index is -3.78. The van der Waals surface area contributed by atoms with Gasteiger partial charge in [-0.05, 0) is 111 Å². The Labute approximate surface area is 271 Å². The third-order valence-electron chi connectivity index (χ3n) is 9.89. The Hall–Kier alpha value is -2.64. The molecule has 0 aromatic heterocycles. The second-order valence-electron chi connectivity index (χ2n) is 12.5. The summed E-state index contributed by atoms with van der Waals surface area (Å²) in [7, 11) is -7.51. The number of sulfone groups is 2. The predicted octanol–water partition coefficient (Wildman–Crippen LogP) is 8.98. The Morgan fingerprint density at radius 2 is 1.18 bits per heavy atom. The van der Waals surface area contributed by atoms with Crippen LogP contribution in [-0.4, -0.2) is 27.3 Å². The van der Waals surface area contributed by atoms with E-state index in [1.54, 1.807) is 36.4 Å². The maximum atomic E-state index is 14.7. The van der Waals surface area contributed by atoms with Gasteiger partial charge in [-0.1, -0.05) is 83.4 Å². The highest BCUT2D eigenvalue weighted by molar-refractivity contribution is 7.92. The molecule has 4 aromatic rings. The molecule has 2 aliphatic rings. The molecular formula is C36H36Cl2O4S2. The quantitative estimate of drug-likeness (QED) is 0.206. The van der Waals surface area contributed by atoms with Gasteiger partial charge in [0.05, 0.1) is 20.3 Å². The lowest BCUT2D eigenvalue weighted by Gasteiger charge is -2.49. The first-order valence-corrected chi connectivity index (χ1v) is 18.9. The Morgan fingerprint density at radius 1 is 0.614 bits per heavy atom. The molecule has 230 valence electrons. The van der Waals surface area contributed by atoms with Gasteiger partial charge in [-0.25, -0.2) is 16.8 Å². The summed E-state index contributed by atoms with van der Waals surface area (Å²) in [4.78, 5) is 0.659. The van der Waals surface area contributed by atoms with Crippen molar-refractivity contribution in [2.45, 2.75) is 71.7 Å². The number of hydrogen-bond donors (Lipinski definition) is 0. The van der Waals surface area contributed by atoms with Crippen molar-refractivity contribution >= 4 is 42.9 Å². The van der Waals surface area contributed by atoms with Crippen molar-refractivity contribution in [1.29, 1.82) is 0 Å². The fraction of sp³-hybridized carbons (Fsp3) is 0.333. The van der Waals surface area contributed by atoms with Crippen molar-refractivity contribution in [2.24, 2.45) is 11.8 Å². The summed E-state index contributed by atoms with van der Waals surface area (Å²) < 4.78 is 58.2. The fourth-order valence-electron chi connectivity index (χ4n) is 7.71. The number of hydrogen-bond acceptors (Lipinski definition) is 4. The minimum absolute atomic E-state index is 0.0592. The molecule has 8 heteroatoms. The van der Waals surface area contributed by atoms with Gasteiger partial charge in [0.25, 0.3) is 0 Å². The molecule has 6 unspecified atom stereocenters. The Morgan fingerprint density at radius 3 is 1.77 bits per heavy atom. The van der Waals surface area contributed by atoms with Crippen molar-refractivity contribution in [3.8, 4) is 0 Å². The summed E-state index contributed by atoms with van der Waals surface area (Å²) in [5.74, 6) is -0.927. The predicted molar refractivity (Wildman–Crippen MR) is 178 cm³/mol. The minimum Gasteiger partial charge on any atom is -0.223 e. The van der Waals surface area contributed by atoms with Crippen molar-refractivity contribution < 1.29 is 16.8 Å². The van der Waals surface area contributed by atoms with Crippen molar-refractivity contribution in [1.82, 2.24) is 0 Å². The number of benzene rings is 4. The second kappa shape index (κ2) is 12.3. The molecule has 0 bridgehead atoms. The summed E-state index contributed by atoms with van der Waals surface area (Å²) >= 11 is 12.5. The molecule has 2 aliphatic carbocycles. The molecule has 6 rings (SSSR count). The van der Waals surface area contributed by atoms with Crippen LogP contribution in [0.15, 0.2) is 107 Å². The van der Waals surface area contributed by atoms with E-state index in [1.807, 2.05) is 74.5 Å². The lowest BCUT2D eigenvalue weighted by atomic mass is 9.62. The molecule has 0 N–H and O–H groups in total. The van der Waals surface area contributed by atoms with E-state index < -0.39 is 36.1 Å². The van der Waals surface area contributed by atoms with Gasteiger partial charge < -0.3 is 0 Å². The first-order valence-electron chi connectivity index (χ1n) is 15.1. The van der Waals surface area contributed by atoms with Gasteiger partial charge in [-0.15, -0.1) is 0 Å². The fourth-order valence-corrected chi connectivity index (χ4v) is 12.6. The summed E-state index contributed by atoms with van der Waals surface area (Å²) in [5, 5.41) is -0.214. The lowest BCUT2D eigenvalue weighted by Crippen LogP contribution is -2.49. The first-order chi connectivity index (χ1) is 21.0. The molecule has 44 heavy (non-hydrogen) atoms. The highest BCUT2D eigenvalue weighted by atomic mass is 35.5. The molecule has 0 radical (unpaired) electrons. The van der Waals surface area contributed by atoms with Crippen LogP contribution < -0.4 is 0 Å². The van der Waals surface area contributed by atoms with Crippen molar-refractivity contribution in [2.75, 3.05) is 0 Å². The highest BCUT2D eigenvalue weighted by Crippen LogP contribution is 2.55. The Bertz CT molecular complexity index is 1850. The highest BCUT2D eigenvalue weighted by Gasteiger charge is 2.53. The van der Waals surface area contributed by atoms with Crippen LogP contribution in [0.2, 0.25) is 10.0 Å². The van der Waals surface area contributed by atoms with E-state index in [4.69, 9.17) is 23.2 Å². The average Bonchev–Trinajstić information content (AvgIpc) is 3.01. The van der Waals surface area contributed by atoms with Crippen molar-refractivity contribution in [3.63, 3.8) is 0 Å². The van der Waals surface area contributed by atoms with Gasteiger partial charge in [0, 0.05) is 21.9 Å². The van der Waals surface area contributed by atoms with Gasteiger partial charge in [-0.3, -0.25) is 0 Å². The SMILES string of the molecule is Cc1ccc(S(=O)(=O)C2C(c3ccc(Cl)cc3)CCC3CC(S(=O)(=O)c4ccccc4C)C(c4ccc(Cl)cc4)CC32)cc1. The summed E-state index contributed by atoms with van der Waals surface area (Å²) in [6, 6.07) is 29.1. The van der Waals surface area contributed by atoms with Gasteiger partial charge in [-0.2, -0.15) is 0 Å². The molecule has 0 aliphatic heterocycles. The summed E-state index contributed by atoms with van der Waals surface area (Å²) in [6.07, 6.45) is 2.26. The molecule has 2 saturated carbocycles. The molecule has 4 nitrogen and oxygen atoms in total. The normalized spacial score (nSPS) is 25.7. The van der Waals surface area contributed by atoms with Gasteiger partial charge >= 0.3 is 0 Å². The molecule has 6 atom stereocenters. The number of fused-ring (bicyclic) bond motifs is 1. The molecular weight excluding hydrogens is 631 g/mol. The number of halogens is 2. The topological polar surface area (TPSA) is 68.3 Å². The molecule has 0 saturated heterocycles. The summed E-state index contributed by atoms with van der Waals surface area (Å²) in [5.41, 5.74) is 3.53. The monoisotopic (exact) mass is 666 g/mol. The van der Waals surface area contributed by atoms with Crippen LogP contribution in [0.25, 0.3) is 0 Å². The van der Waals surface area contributed by atoms with Crippen LogP contribution in [0.5, 0.6) is 0 Å². The van der Waals surface area contributed by atoms with Crippen LogP contribution in [0.1, 0.15) is 59.8 Å². The largest absolute Gasteiger partial charge is 0.223 e. The zero-order valence-electron chi connectivity index (χ0n) is 24.7. The van der Waals surface area contributed by atoms with Gasteiger partial charge in [0.15, 0.2) is 19.7 Å². The van der Waals surface area contributed by atoms with Crippen LogP contribution >= 0.6 is 23.2 Å². The van der Waals surface area contributed by atoms with E-state index in [0.29, 0.717) is 39.1 Å². The average molecular weight is 668 g/mol. The number of rotatable bonds is 6. The standard InChI is InChI=1S/C36H36Cl2O4S2/c1-23-7-18-30(19-8-23)43(39,40)36-31(25-9-14-28(37)15-10-25)20-13-27-21-35(44(41,42)34-6-4-3-5-24(34)2)32(22-33(27)36)26-11-16-29(38)17-12-26/h3-12,14-19,27,31-33,35-36H,13,20-22H2,1-2H3. The zero-order valence-corrected chi connectivity index (χ0v) is 27.9. The van der Waals surface area contributed by atoms with Gasteiger partial charge in [0.1, 0.15) is 0 Å². The lowest BCUT2D eigenvalue weighted by molar-refractivity contribution is 0.146. The Kier molecular flexibility index (Phi) is 8.75. The van der Waals surface area contributed by atoms with Crippen LogP contribution in [0.4, 0.5) is 0 Å². The maximum Gasteiger partial charge on any atom is 0.182 e. The molecule has 2 fully saturated rings. The van der Waals surface area contributed by atoms with E-state index in [2.05, 4.69) is 0 Å². The Balaban J connectivity index is 1.48. The third-order valence-corrected chi connectivity index (χ3v) is 15.1. The molecule has 4 aromatic carbocycles. The number of aryl methyl sites for hydroxylation is 2. The van der Waals surface area contributed by atoms with E-state index >= 15 is 0 Å². The van der Waals surface area contributed by atoms with Crippen LogP contribution in [0, 0.1) is 25.7 Å². The van der Waals surface area contributed by atoms with Crippen LogP contribution in [0.3, 0.4) is 0 Å². The molecule has 0 spiro atoms. The maximum absolute atomic E-state index is 14.7. The molecule has 0 amide bonds. The smallest absolute Gasteiger partial charge is 0.182 e. The zero-order chi connectivity index (χ0) is 31.2. The van der Waals surface area contributed by atoms with E-state index in [9.17, 15) is 16.8 Å². The van der Waals surface area contributed by atoms with Gasteiger partial charge in [0.2, 0.25) is 0 Å².